The number of carbonyl (C=O) groups is 1. The molecule has 1 unspecified atom stereocenters. The Bertz CT molecular complexity index is 804. The van der Waals surface area contributed by atoms with E-state index in [0.717, 1.165) is 24.0 Å². The summed E-state index contributed by atoms with van der Waals surface area (Å²) in [7, 11) is -3.16. The molecule has 1 atom stereocenters. The quantitative estimate of drug-likeness (QED) is 0.772. The van der Waals surface area contributed by atoms with Crippen molar-refractivity contribution in [2.75, 3.05) is 26.0 Å². The molecule has 1 saturated heterocycles. The Hall–Kier alpha value is -1.66. The molecule has 1 fully saturated rings. The van der Waals surface area contributed by atoms with Crippen molar-refractivity contribution in [1.82, 2.24) is 4.31 Å². The van der Waals surface area contributed by atoms with Crippen molar-refractivity contribution in [2.45, 2.75) is 32.1 Å². The van der Waals surface area contributed by atoms with E-state index in [4.69, 9.17) is 4.74 Å². The summed E-state index contributed by atoms with van der Waals surface area (Å²) in [4.78, 5) is 12.2. The van der Waals surface area contributed by atoms with Gasteiger partial charge in [0.05, 0.1) is 18.8 Å². The van der Waals surface area contributed by atoms with Gasteiger partial charge in [-0.25, -0.2) is 12.7 Å². The van der Waals surface area contributed by atoms with Crippen molar-refractivity contribution in [3.63, 3.8) is 0 Å². The Labute approximate surface area is 149 Å². The van der Waals surface area contributed by atoms with E-state index < -0.39 is 10.0 Å². The average molecular weight is 363 g/mol. The second-order valence-corrected chi connectivity index (χ2v) is 8.92. The van der Waals surface area contributed by atoms with E-state index >= 15 is 0 Å². The molecule has 3 rings (SSSR count). The van der Waals surface area contributed by atoms with Crippen molar-refractivity contribution in [2.24, 2.45) is 5.92 Å². The topological polar surface area (TPSA) is 63.7 Å². The average Bonchev–Trinajstić information content (AvgIpc) is 2.89. The summed E-state index contributed by atoms with van der Waals surface area (Å²) in [6.45, 7) is 5.07. The number of benzene rings is 1. The van der Waals surface area contributed by atoms with Crippen LogP contribution in [0.2, 0.25) is 0 Å². The molecule has 25 heavy (non-hydrogen) atoms. The van der Waals surface area contributed by atoms with Crippen molar-refractivity contribution < 1.29 is 17.9 Å². The highest BCUT2D eigenvalue weighted by Crippen LogP contribution is 2.49. The highest BCUT2D eigenvalue weighted by atomic mass is 32.2. The Kier molecular flexibility index (Phi) is 4.77. The number of rotatable bonds is 4. The Morgan fingerprint density at radius 2 is 1.92 bits per heavy atom. The Morgan fingerprint density at radius 1 is 1.28 bits per heavy atom. The molecule has 136 valence electrons. The number of hydrogen-bond acceptors (Lipinski definition) is 4. The van der Waals surface area contributed by atoms with Crippen LogP contribution in [-0.2, 0) is 25.0 Å². The highest BCUT2D eigenvalue weighted by Gasteiger charge is 2.43. The van der Waals surface area contributed by atoms with Gasteiger partial charge in [-0.2, -0.15) is 0 Å². The second-order valence-electron chi connectivity index (χ2n) is 6.94. The van der Waals surface area contributed by atoms with Crippen LogP contribution in [-0.4, -0.2) is 44.6 Å². The SMILES string of the molecule is CCOC(=O)C(C)C1=CC2(CCN(S(C)(=O)=O)CC2)c2ccccc21. The zero-order chi connectivity index (χ0) is 18.2. The van der Waals surface area contributed by atoms with Gasteiger partial charge in [0.25, 0.3) is 0 Å². The van der Waals surface area contributed by atoms with Gasteiger partial charge >= 0.3 is 5.97 Å². The van der Waals surface area contributed by atoms with Gasteiger partial charge in [0.2, 0.25) is 10.0 Å². The number of allylic oxidation sites excluding steroid dienone is 1. The fourth-order valence-corrected chi connectivity index (χ4v) is 4.85. The molecule has 0 bridgehead atoms. The first kappa shape index (κ1) is 18.1. The van der Waals surface area contributed by atoms with Crippen LogP contribution in [0.15, 0.2) is 30.3 Å². The Morgan fingerprint density at radius 3 is 2.52 bits per heavy atom. The van der Waals surface area contributed by atoms with Crippen LogP contribution in [0.5, 0.6) is 0 Å². The van der Waals surface area contributed by atoms with E-state index in [9.17, 15) is 13.2 Å². The number of carbonyl (C=O) groups excluding carboxylic acids is 1. The molecule has 1 aromatic carbocycles. The van der Waals surface area contributed by atoms with Crippen LogP contribution >= 0.6 is 0 Å². The summed E-state index contributed by atoms with van der Waals surface area (Å²) in [5.74, 6) is -0.539. The maximum Gasteiger partial charge on any atom is 0.313 e. The summed E-state index contributed by atoms with van der Waals surface area (Å²) >= 11 is 0. The van der Waals surface area contributed by atoms with Crippen molar-refractivity contribution in [3.05, 3.63) is 41.5 Å². The lowest BCUT2D eigenvalue weighted by atomic mass is 9.75. The molecule has 0 saturated carbocycles. The van der Waals surface area contributed by atoms with Crippen LogP contribution in [0.25, 0.3) is 5.57 Å². The third-order valence-corrected chi connectivity index (χ3v) is 6.70. The van der Waals surface area contributed by atoms with Gasteiger partial charge in [-0.3, -0.25) is 4.79 Å². The lowest BCUT2D eigenvalue weighted by molar-refractivity contribution is -0.145. The molecule has 1 aromatic rings. The normalized spacial score (nSPS) is 20.8. The van der Waals surface area contributed by atoms with Crippen molar-refractivity contribution in [3.8, 4) is 0 Å². The minimum atomic E-state index is -3.16. The minimum absolute atomic E-state index is 0.187. The van der Waals surface area contributed by atoms with E-state index in [1.165, 1.54) is 11.8 Å². The predicted molar refractivity (Wildman–Crippen MR) is 97.5 cm³/mol. The van der Waals surface area contributed by atoms with Gasteiger partial charge in [-0.1, -0.05) is 30.3 Å². The van der Waals surface area contributed by atoms with Crippen LogP contribution in [0.1, 0.15) is 37.8 Å². The molecular formula is C19H25NO4S. The summed E-state index contributed by atoms with van der Waals surface area (Å²) in [5, 5.41) is 0. The number of hydrogen-bond donors (Lipinski definition) is 0. The largest absolute Gasteiger partial charge is 0.466 e. The molecule has 1 aliphatic carbocycles. The lowest BCUT2D eigenvalue weighted by Crippen LogP contribution is -2.43. The first-order chi connectivity index (χ1) is 11.8. The fraction of sp³-hybridized carbons (Fsp3) is 0.526. The first-order valence-electron chi connectivity index (χ1n) is 8.73. The van der Waals surface area contributed by atoms with E-state index in [1.54, 1.807) is 4.31 Å². The molecule has 0 amide bonds. The van der Waals surface area contributed by atoms with E-state index in [0.29, 0.717) is 19.7 Å². The number of fused-ring (bicyclic) bond motifs is 2. The van der Waals surface area contributed by atoms with E-state index in [2.05, 4.69) is 18.2 Å². The van der Waals surface area contributed by atoms with Gasteiger partial charge in [0.1, 0.15) is 0 Å². The van der Waals surface area contributed by atoms with Gasteiger partial charge in [0.15, 0.2) is 0 Å². The van der Waals surface area contributed by atoms with E-state index in [-0.39, 0.29) is 17.3 Å². The highest BCUT2D eigenvalue weighted by molar-refractivity contribution is 7.88. The molecule has 0 N–H and O–H groups in total. The third kappa shape index (κ3) is 3.25. The number of piperidine rings is 1. The summed E-state index contributed by atoms with van der Waals surface area (Å²) < 4.78 is 30.4. The second kappa shape index (κ2) is 6.57. The number of sulfonamides is 1. The van der Waals surface area contributed by atoms with Crippen LogP contribution < -0.4 is 0 Å². The molecule has 1 aliphatic heterocycles. The molecule has 5 nitrogen and oxygen atoms in total. The Balaban J connectivity index is 1.95. The predicted octanol–water partition coefficient (Wildman–Crippen LogP) is 2.58. The fourth-order valence-electron chi connectivity index (χ4n) is 4.01. The van der Waals surface area contributed by atoms with Crippen LogP contribution in [0, 0.1) is 5.92 Å². The van der Waals surface area contributed by atoms with Crippen molar-refractivity contribution >= 4 is 21.6 Å². The number of ether oxygens (including phenoxy) is 1. The maximum atomic E-state index is 12.2. The first-order valence-corrected chi connectivity index (χ1v) is 10.6. The summed E-state index contributed by atoms with van der Waals surface area (Å²) in [6, 6.07) is 8.14. The van der Waals surface area contributed by atoms with Crippen LogP contribution in [0.4, 0.5) is 0 Å². The smallest absolute Gasteiger partial charge is 0.313 e. The molecule has 2 aliphatic rings. The molecule has 1 spiro atoms. The van der Waals surface area contributed by atoms with Gasteiger partial charge in [0, 0.05) is 18.5 Å². The molecular weight excluding hydrogens is 338 g/mol. The number of nitrogens with zero attached hydrogens (tertiary/aromatic N) is 1. The molecule has 0 radical (unpaired) electrons. The summed E-state index contributed by atoms with van der Waals surface area (Å²) in [6.07, 6.45) is 4.92. The van der Waals surface area contributed by atoms with Gasteiger partial charge in [-0.15, -0.1) is 0 Å². The van der Waals surface area contributed by atoms with Crippen molar-refractivity contribution in [1.29, 1.82) is 0 Å². The maximum absolute atomic E-state index is 12.2. The molecule has 6 heteroatoms. The van der Waals surface area contributed by atoms with Crippen LogP contribution in [0.3, 0.4) is 0 Å². The third-order valence-electron chi connectivity index (χ3n) is 5.40. The zero-order valence-electron chi connectivity index (χ0n) is 15.0. The van der Waals surface area contributed by atoms with Gasteiger partial charge in [-0.05, 0) is 43.4 Å². The summed E-state index contributed by atoms with van der Waals surface area (Å²) in [5.41, 5.74) is 3.11. The lowest BCUT2D eigenvalue weighted by Gasteiger charge is -2.38. The minimum Gasteiger partial charge on any atom is -0.466 e. The standard InChI is InChI=1S/C19H25NO4S/c1-4-24-18(21)14(2)16-13-19(17-8-6-5-7-15(16)17)9-11-20(12-10-19)25(3,22)23/h5-8,13-14H,4,9-12H2,1-3H3. The molecule has 1 heterocycles. The van der Waals surface area contributed by atoms with E-state index in [1.807, 2.05) is 26.0 Å². The van der Waals surface area contributed by atoms with Gasteiger partial charge < -0.3 is 4.74 Å². The molecule has 0 aromatic heterocycles. The zero-order valence-corrected chi connectivity index (χ0v) is 15.8. The monoisotopic (exact) mass is 363 g/mol. The number of esters is 1.